The topological polar surface area (TPSA) is 102 Å². The van der Waals surface area contributed by atoms with E-state index in [2.05, 4.69) is 5.73 Å². The highest BCUT2D eigenvalue weighted by molar-refractivity contribution is 5.79. The fraction of sp³-hybridized carbons (Fsp3) is 0.714. The summed E-state index contributed by atoms with van der Waals surface area (Å²) in [6.45, 7) is 0. The van der Waals surface area contributed by atoms with E-state index in [0.717, 1.165) is 0 Å². The van der Waals surface area contributed by atoms with Crippen molar-refractivity contribution in [1.29, 1.82) is 0 Å². The fourth-order valence-corrected chi connectivity index (χ4v) is 1.22. The zero-order valence-electron chi connectivity index (χ0n) is 6.62. The van der Waals surface area contributed by atoms with Gasteiger partial charge in [0, 0.05) is 6.42 Å². The minimum absolute atomic E-state index is 0.150. The highest BCUT2D eigenvalue weighted by atomic mass is 16.4. The van der Waals surface area contributed by atoms with Crippen LogP contribution in [0.4, 0.5) is 0 Å². The van der Waals surface area contributed by atoms with Gasteiger partial charge in [-0.25, -0.2) is 4.79 Å². The first-order valence-corrected chi connectivity index (χ1v) is 3.77. The predicted molar refractivity (Wildman–Crippen MR) is 38.2 cm³/mol. The maximum atomic E-state index is 10.6. The van der Waals surface area contributed by atoms with Crippen LogP contribution in [-0.4, -0.2) is 28.2 Å². The summed E-state index contributed by atoms with van der Waals surface area (Å²) in [6, 6.07) is -0.802. The largest absolute Gasteiger partial charge is 0.481 e. The molecule has 12 heavy (non-hydrogen) atoms. The summed E-state index contributed by atoms with van der Waals surface area (Å²) in [4.78, 5) is 21.0. The van der Waals surface area contributed by atoms with Gasteiger partial charge in [-0.2, -0.15) is 0 Å². The van der Waals surface area contributed by atoms with Crippen LogP contribution < -0.4 is 5.73 Å². The fourth-order valence-electron chi connectivity index (χ4n) is 1.22. The average Bonchev–Trinajstić information content (AvgIpc) is 2.68. The van der Waals surface area contributed by atoms with Crippen LogP contribution in [-0.2, 0) is 9.59 Å². The van der Waals surface area contributed by atoms with Crippen molar-refractivity contribution in [3.05, 3.63) is 0 Å². The van der Waals surface area contributed by atoms with Crippen molar-refractivity contribution in [3.8, 4) is 0 Å². The molecule has 5 N–H and O–H groups in total. The lowest BCUT2D eigenvalue weighted by Crippen LogP contribution is -2.65. The van der Waals surface area contributed by atoms with Crippen molar-refractivity contribution in [2.45, 2.75) is 25.3 Å². The predicted octanol–water partition coefficient (Wildman–Crippen LogP) is -1.06. The number of carbonyl (C=O) groups is 2. The molecule has 0 heterocycles. The summed E-state index contributed by atoms with van der Waals surface area (Å²) in [6.07, 6.45) is 1.32. The van der Waals surface area contributed by atoms with Gasteiger partial charge in [0.25, 0.3) is 0 Å². The molecule has 0 unspecified atom stereocenters. The molecule has 0 amide bonds. The molecule has 1 aliphatic rings. The molecular formula is C7H12NO4+. The van der Waals surface area contributed by atoms with E-state index in [4.69, 9.17) is 10.2 Å². The molecule has 0 radical (unpaired) electrons. The van der Waals surface area contributed by atoms with Crippen molar-refractivity contribution in [1.82, 2.24) is 0 Å². The molecule has 68 valence electrons. The zero-order valence-corrected chi connectivity index (χ0v) is 6.62. The van der Waals surface area contributed by atoms with Gasteiger partial charge in [0.05, 0.1) is 5.41 Å². The van der Waals surface area contributed by atoms with Crippen molar-refractivity contribution in [3.63, 3.8) is 0 Å². The summed E-state index contributed by atoms with van der Waals surface area (Å²) >= 11 is 0. The Morgan fingerprint density at radius 1 is 1.42 bits per heavy atom. The molecule has 1 saturated carbocycles. The number of hydrogen-bond donors (Lipinski definition) is 3. The van der Waals surface area contributed by atoms with E-state index in [1.54, 1.807) is 0 Å². The Morgan fingerprint density at radius 2 is 1.92 bits per heavy atom. The minimum atomic E-state index is -1.03. The number of rotatable bonds is 4. The molecule has 1 atom stereocenters. The third kappa shape index (κ3) is 1.55. The quantitative estimate of drug-likeness (QED) is 0.505. The smallest absolute Gasteiger partial charge is 0.362 e. The maximum absolute atomic E-state index is 10.6. The van der Waals surface area contributed by atoms with Gasteiger partial charge in [-0.1, -0.05) is 0 Å². The highest BCUT2D eigenvalue weighted by Crippen LogP contribution is 2.49. The van der Waals surface area contributed by atoms with Crippen molar-refractivity contribution < 1.29 is 25.5 Å². The Bertz CT molecular complexity index is 221. The van der Waals surface area contributed by atoms with E-state index >= 15 is 0 Å². The Balaban J connectivity index is 2.51. The van der Waals surface area contributed by atoms with Crippen molar-refractivity contribution in [2.24, 2.45) is 5.41 Å². The minimum Gasteiger partial charge on any atom is -0.481 e. The molecule has 0 spiro atoms. The van der Waals surface area contributed by atoms with Gasteiger partial charge in [0.15, 0.2) is 6.04 Å². The van der Waals surface area contributed by atoms with Crippen molar-refractivity contribution >= 4 is 11.9 Å². The Labute approximate surface area is 69.2 Å². The monoisotopic (exact) mass is 174 g/mol. The first-order valence-electron chi connectivity index (χ1n) is 3.77. The van der Waals surface area contributed by atoms with Crippen LogP contribution in [0.2, 0.25) is 0 Å². The maximum Gasteiger partial charge on any atom is 0.362 e. The molecule has 0 aromatic carbocycles. The van der Waals surface area contributed by atoms with Crippen LogP contribution in [0, 0.1) is 5.41 Å². The molecule has 0 aliphatic heterocycles. The van der Waals surface area contributed by atoms with Gasteiger partial charge in [0.1, 0.15) is 0 Å². The van der Waals surface area contributed by atoms with E-state index < -0.39 is 23.4 Å². The normalized spacial score (nSPS) is 21.4. The van der Waals surface area contributed by atoms with Crippen LogP contribution in [0.3, 0.4) is 0 Å². The first kappa shape index (κ1) is 8.99. The van der Waals surface area contributed by atoms with Crippen LogP contribution in [0.1, 0.15) is 19.3 Å². The van der Waals surface area contributed by atoms with Crippen molar-refractivity contribution in [2.75, 3.05) is 0 Å². The van der Waals surface area contributed by atoms with E-state index in [1.165, 1.54) is 0 Å². The molecular weight excluding hydrogens is 162 g/mol. The molecule has 0 saturated heterocycles. The van der Waals surface area contributed by atoms with Crippen LogP contribution in [0.25, 0.3) is 0 Å². The summed E-state index contributed by atoms with van der Waals surface area (Å²) in [5.41, 5.74) is 2.61. The SMILES string of the molecule is [NH3+][C@@H](CC1(C(=O)O)CC1)C(=O)O. The Morgan fingerprint density at radius 3 is 2.17 bits per heavy atom. The summed E-state index contributed by atoms with van der Waals surface area (Å²) in [7, 11) is 0. The van der Waals surface area contributed by atoms with Gasteiger partial charge >= 0.3 is 11.9 Å². The Hall–Kier alpha value is -1.10. The van der Waals surface area contributed by atoms with Crippen LogP contribution >= 0.6 is 0 Å². The lowest BCUT2D eigenvalue weighted by molar-refractivity contribution is -0.411. The van der Waals surface area contributed by atoms with Gasteiger partial charge in [-0.3, -0.25) is 4.79 Å². The molecule has 0 aromatic heterocycles. The lowest BCUT2D eigenvalue weighted by Gasteiger charge is -2.09. The van der Waals surface area contributed by atoms with E-state index in [1.807, 2.05) is 0 Å². The molecule has 0 bridgehead atoms. The van der Waals surface area contributed by atoms with Gasteiger partial charge in [-0.05, 0) is 12.8 Å². The molecule has 5 nitrogen and oxygen atoms in total. The highest BCUT2D eigenvalue weighted by Gasteiger charge is 2.52. The number of carboxylic acid groups (broad SMARTS) is 2. The number of hydrogen-bond acceptors (Lipinski definition) is 2. The van der Waals surface area contributed by atoms with E-state index in [9.17, 15) is 9.59 Å². The number of carboxylic acids is 2. The molecule has 1 rings (SSSR count). The Kier molecular flexibility index (Phi) is 2.06. The molecule has 0 aromatic rings. The second-order valence-corrected chi connectivity index (χ2v) is 3.32. The molecule has 1 fully saturated rings. The first-order chi connectivity index (χ1) is 5.48. The second kappa shape index (κ2) is 2.75. The number of quaternary nitrogens is 1. The lowest BCUT2D eigenvalue weighted by atomic mass is 9.98. The zero-order chi connectivity index (χ0) is 9.35. The summed E-state index contributed by atoms with van der Waals surface area (Å²) in [5.74, 6) is -1.92. The third-order valence-corrected chi connectivity index (χ3v) is 2.29. The van der Waals surface area contributed by atoms with Gasteiger partial charge in [-0.15, -0.1) is 0 Å². The standard InChI is InChI=1S/C7H11NO4/c8-4(5(9)10)3-7(1-2-7)6(11)12/h4H,1-3,8H2,(H,9,10)(H,11,12)/p+1/t4-/m0/s1. The third-order valence-electron chi connectivity index (χ3n) is 2.29. The van der Waals surface area contributed by atoms with Gasteiger partial charge in [0.2, 0.25) is 0 Å². The average molecular weight is 174 g/mol. The molecule has 1 aliphatic carbocycles. The number of aliphatic carboxylic acids is 2. The summed E-state index contributed by atoms with van der Waals surface area (Å²) in [5, 5.41) is 17.2. The van der Waals surface area contributed by atoms with E-state index in [-0.39, 0.29) is 6.42 Å². The van der Waals surface area contributed by atoms with Gasteiger partial charge < -0.3 is 15.9 Å². The second-order valence-electron chi connectivity index (χ2n) is 3.32. The molecule has 5 heteroatoms. The summed E-state index contributed by atoms with van der Waals surface area (Å²) < 4.78 is 0. The van der Waals surface area contributed by atoms with Crippen LogP contribution in [0.15, 0.2) is 0 Å². The van der Waals surface area contributed by atoms with E-state index in [0.29, 0.717) is 12.8 Å². The van der Waals surface area contributed by atoms with Crippen LogP contribution in [0.5, 0.6) is 0 Å².